The molecule has 0 aromatic heterocycles. The Labute approximate surface area is 264 Å². The third kappa shape index (κ3) is 3.90. The van der Waals surface area contributed by atoms with Gasteiger partial charge in [-0.15, -0.1) is 0 Å². The van der Waals surface area contributed by atoms with Gasteiger partial charge in [0.05, 0.1) is 50.1 Å². The van der Waals surface area contributed by atoms with Gasteiger partial charge in [-0.2, -0.15) is 5.26 Å². The quantitative estimate of drug-likeness (QED) is 0.407. The molecule has 44 heavy (non-hydrogen) atoms. The van der Waals surface area contributed by atoms with E-state index in [4.69, 9.17) is 14.2 Å². The topological polar surface area (TPSA) is 92.0 Å². The van der Waals surface area contributed by atoms with Crippen LogP contribution in [0.25, 0.3) is 0 Å². The van der Waals surface area contributed by atoms with Gasteiger partial charge in [-0.3, -0.25) is 4.79 Å². The maximum atomic E-state index is 12.9. The highest BCUT2D eigenvalue weighted by molar-refractivity contribution is 5.76. The number of aliphatic hydroxyl groups is 1. The molecule has 0 radical (unpaired) electrons. The maximum Gasteiger partial charge on any atom is 0.223 e. The normalized spacial score (nSPS) is 53.8. The van der Waals surface area contributed by atoms with Crippen molar-refractivity contribution in [1.82, 2.24) is 4.90 Å². The van der Waals surface area contributed by atoms with Gasteiger partial charge < -0.3 is 24.2 Å². The van der Waals surface area contributed by atoms with E-state index in [2.05, 4.69) is 40.7 Å². The maximum absolute atomic E-state index is 12.9. The Morgan fingerprint density at radius 2 is 1.80 bits per heavy atom. The molecule has 8 fully saturated rings. The van der Waals surface area contributed by atoms with Crippen molar-refractivity contribution in [1.29, 1.82) is 5.26 Å². The van der Waals surface area contributed by atoms with Crippen LogP contribution in [-0.4, -0.2) is 66.3 Å². The van der Waals surface area contributed by atoms with Crippen LogP contribution in [0.3, 0.4) is 0 Å². The summed E-state index contributed by atoms with van der Waals surface area (Å²) in [6, 6.07) is 2.33. The van der Waals surface area contributed by atoms with Gasteiger partial charge in [-0.25, -0.2) is 0 Å². The van der Waals surface area contributed by atoms with Crippen molar-refractivity contribution in [3.05, 3.63) is 0 Å². The molecule has 8 aliphatic rings. The molecule has 0 aromatic carbocycles. The lowest BCUT2D eigenvalue weighted by Crippen LogP contribution is -2.60. The lowest BCUT2D eigenvalue weighted by Gasteiger charge is -2.64. The molecule has 244 valence electrons. The van der Waals surface area contributed by atoms with Crippen LogP contribution in [0.4, 0.5) is 0 Å². The zero-order valence-corrected chi connectivity index (χ0v) is 27.9. The van der Waals surface area contributed by atoms with E-state index in [1.165, 1.54) is 51.4 Å². The molecule has 2 saturated heterocycles. The first-order chi connectivity index (χ1) is 20.9. The van der Waals surface area contributed by atoms with Crippen LogP contribution in [0, 0.1) is 68.0 Å². The van der Waals surface area contributed by atoms with E-state index < -0.39 is 6.10 Å². The summed E-state index contributed by atoms with van der Waals surface area (Å²) in [4.78, 5) is 14.8. The minimum absolute atomic E-state index is 0.0302. The van der Waals surface area contributed by atoms with Crippen molar-refractivity contribution < 1.29 is 24.1 Å². The molecule has 7 nitrogen and oxygen atoms in total. The number of carbonyl (C=O) groups is 1. The SMILES string of the molecule is C[C@@H]1C[C@H](CC#N)O[C@H]2[C@H]1[C@@]1(C)CCC34C[C@@]35CC[C@H](O[C@H]3CN(C(=O)CC6CC6)CCO3)C(C)(C)[C@@H]5CC[C@H]4[C@]1(C)[C@H]2O. The van der Waals surface area contributed by atoms with Crippen LogP contribution in [-0.2, 0) is 19.0 Å². The number of nitriles is 1. The number of hydrogen-bond acceptors (Lipinski definition) is 6. The summed E-state index contributed by atoms with van der Waals surface area (Å²) in [7, 11) is 0. The van der Waals surface area contributed by atoms with E-state index in [0.717, 1.165) is 12.8 Å². The molecule has 2 spiro atoms. The summed E-state index contributed by atoms with van der Waals surface area (Å²) in [5, 5.41) is 21.7. The first-order valence-electron chi connectivity index (χ1n) is 18.2. The molecule has 2 heterocycles. The van der Waals surface area contributed by atoms with Crippen molar-refractivity contribution in [2.24, 2.45) is 56.7 Å². The van der Waals surface area contributed by atoms with Crippen LogP contribution in [0.1, 0.15) is 112 Å². The molecule has 1 unspecified atom stereocenters. The molecule has 7 heteroatoms. The molecule has 0 bridgehead atoms. The van der Waals surface area contributed by atoms with Crippen LogP contribution in [0.2, 0.25) is 0 Å². The second-order valence-corrected chi connectivity index (χ2v) is 17.9. The number of nitrogens with zero attached hydrogens (tertiary/aromatic N) is 2. The van der Waals surface area contributed by atoms with Gasteiger partial charge in [-0.05, 0) is 115 Å². The number of carbonyl (C=O) groups excluding carboxylic acids is 1. The molecular weight excluding hydrogens is 552 g/mol. The van der Waals surface area contributed by atoms with Gasteiger partial charge in [0, 0.05) is 18.4 Å². The third-order valence-corrected chi connectivity index (χ3v) is 16.0. The molecule has 6 saturated carbocycles. The van der Waals surface area contributed by atoms with Gasteiger partial charge >= 0.3 is 0 Å². The predicted octanol–water partition coefficient (Wildman–Crippen LogP) is 6.08. The summed E-state index contributed by atoms with van der Waals surface area (Å²) in [5.74, 6) is 2.80. The van der Waals surface area contributed by atoms with Gasteiger partial charge in [0.25, 0.3) is 0 Å². The van der Waals surface area contributed by atoms with E-state index in [1.54, 1.807) is 0 Å². The summed E-state index contributed by atoms with van der Waals surface area (Å²) in [6.07, 6.45) is 11.9. The fourth-order valence-corrected chi connectivity index (χ4v) is 13.7. The minimum Gasteiger partial charge on any atom is -0.390 e. The lowest BCUT2D eigenvalue weighted by atomic mass is 9.41. The average Bonchev–Trinajstić information content (AvgIpc) is 3.90. The Kier molecular flexibility index (Phi) is 6.79. The van der Waals surface area contributed by atoms with Crippen molar-refractivity contribution in [2.75, 3.05) is 19.7 Å². The first-order valence-corrected chi connectivity index (χ1v) is 18.2. The largest absolute Gasteiger partial charge is 0.390 e. The second kappa shape index (κ2) is 9.91. The molecular formula is C37H56N2O5. The van der Waals surface area contributed by atoms with Crippen molar-refractivity contribution >= 4 is 5.91 Å². The molecule has 2 aliphatic heterocycles. The van der Waals surface area contributed by atoms with Crippen molar-refractivity contribution in [3.63, 3.8) is 0 Å². The number of amides is 1. The number of rotatable bonds is 5. The Balaban J connectivity index is 1.01. The van der Waals surface area contributed by atoms with E-state index in [9.17, 15) is 15.2 Å². The smallest absolute Gasteiger partial charge is 0.223 e. The highest BCUT2D eigenvalue weighted by atomic mass is 16.7. The fourth-order valence-electron chi connectivity index (χ4n) is 13.7. The van der Waals surface area contributed by atoms with Gasteiger partial charge in [0.2, 0.25) is 5.91 Å². The number of ether oxygens (including phenoxy) is 3. The zero-order valence-electron chi connectivity index (χ0n) is 27.9. The molecule has 1 amide bonds. The van der Waals surface area contributed by atoms with E-state index >= 15 is 0 Å². The van der Waals surface area contributed by atoms with Crippen molar-refractivity contribution in [2.45, 2.75) is 142 Å². The van der Waals surface area contributed by atoms with Gasteiger partial charge in [-0.1, -0.05) is 34.6 Å². The summed E-state index contributed by atoms with van der Waals surface area (Å²) in [6.45, 7) is 14.0. The third-order valence-electron chi connectivity index (χ3n) is 16.0. The number of hydrogen-bond donors (Lipinski definition) is 1. The Bertz CT molecular complexity index is 1230. The highest BCUT2D eigenvalue weighted by Crippen LogP contribution is 2.89. The van der Waals surface area contributed by atoms with Crippen LogP contribution in [0.15, 0.2) is 0 Å². The van der Waals surface area contributed by atoms with Crippen LogP contribution >= 0.6 is 0 Å². The minimum atomic E-state index is -0.473. The molecule has 8 rings (SSSR count). The first kappa shape index (κ1) is 30.2. The van der Waals surface area contributed by atoms with E-state index in [-0.39, 0.29) is 46.8 Å². The Hall–Kier alpha value is -1.20. The van der Waals surface area contributed by atoms with Gasteiger partial charge in [0.1, 0.15) is 0 Å². The molecule has 1 N–H and O–H groups in total. The van der Waals surface area contributed by atoms with Crippen molar-refractivity contribution in [3.8, 4) is 6.07 Å². The lowest BCUT2D eigenvalue weighted by molar-refractivity contribution is -0.248. The average molecular weight is 609 g/mol. The number of aliphatic hydroxyl groups excluding tert-OH is 1. The van der Waals surface area contributed by atoms with E-state index in [1.807, 2.05) is 4.90 Å². The van der Waals surface area contributed by atoms with E-state index in [0.29, 0.717) is 73.0 Å². The zero-order chi connectivity index (χ0) is 30.9. The van der Waals surface area contributed by atoms with Crippen LogP contribution < -0.4 is 0 Å². The fraction of sp³-hybridized carbons (Fsp3) is 0.946. The summed E-state index contributed by atoms with van der Waals surface area (Å²) < 4.78 is 19.6. The molecule has 13 atom stereocenters. The highest BCUT2D eigenvalue weighted by Gasteiger charge is 2.84. The Morgan fingerprint density at radius 3 is 2.55 bits per heavy atom. The predicted molar refractivity (Wildman–Crippen MR) is 165 cm³/mol. The second-order valence-electron chi connectivity index (χ2n) is 17.9. The molecule has 0 aromatic rings. The monoisotopic (exact) mass is 608 g/mol. The Morgan fingerprint density at radius 1 is 1.05 bits per heavy atom. The summed E-state index contributed by atoms with van der Waals surface area (Å²) >= 11 is 0. The van der Waals surface area contributed by atoms with Gasteiger partial charge in [0.15, 0.2) is 6.29 Å². The summed E-state index contributed by atoms with van der Waals surface area (Å²) in [5.41, 5.74) is 0.560. The standard InChI is InChI=1S/C37H56N2O5/c1-22-18-24(11-15-38)43-31-30(22)34(4)13-14-37-21-36(37)12-10-27(33(2,3)25(36)8-9-26(37)35(34,5)32(31)41)44-29-20-39(16-17-42-29)28(40)19-23-6-7-23/h22-27,29-32,41H,6-14,16-21H2,1-5H3/t22-,24+,25+,26+,27+,29+,30+,31+,32+,34-,35-,36-,37?/m1/s1. The number of fused-ring (bicyclic) bond motifs is 4. The number of morpholine rings is 1. The molecule has 6 aliphatic carbocycles. The van der Waals surface area contributed by atoms with Crippen LogP contribution in [0.5, 0.6) is 0 Å².